The summed E-state index contributed by atoms with van der Waals surface area (Å²) in [4.78, 5) is 0. The van der Waals surface area contributed by atoms with Gasteiger partial charge in [0.2, 0.25) is 0 Å². The lowest BCUT2D eigenvalue weighted by molar-refractivity contribution is 0.0421. The van der Waals surface area contributed by atoms with E-state index in [9.17, 15) is 0 Å². The maximum Gasteiger partial charge on any atom is 0.130 e. The van der Waals surface area contributed by atoms with E-state index in [0.29, 0.717) is 18.3 Å². The lowest BCUT2D eigenvalue weighted by Gasteiger charge is -2.36. The minimum absolute atomic E-state index is 0.0579. The zero-order valence-corrected chi connectivity index (χ0v) is 13.8. The van der Waals surface area contributed by atoms with Gasteiger partial charge in [0.1, 0.15) is 24.2 Å². The molecule has 0 heterocycles. The smallest absolute Gasteiger partial charge is 0.130 e. The van der Waals surface area contributed by atoms with Crippen molar-refractivity contribution in [1.82, 2.24) is 0 Å². The van der Waals surface area contributed by atoms with Gasteiger partial charge in [-0.2, -0.15) is 0 Å². The van der Waals surface area contributed by atoms with E-state index in [-0.39, 0.29) is 12.2 Å². The third-order valence-corrected chi connectivity index (χ3v) is 4.14. The van der Waals surface area contributed by atoms with E-state index in [0.717, 1.165) is 18.6 Å². The van der Waals surface area contributed by atoms with Crippen molar-refractivity contribution >= 4 is 0 Å². The predicted octanol–water partition coefficient (Wildman–Crippen LogP) is 4.30. The van der Waals surface area contributed by atoms with Crippen LogP contribution in [0.4, 0.5) is 0 Å². The maximum atomic E-state index is 6.11. The summed E-state index contributed by atoms with van der Waals surface area (Å²) >= 11 is 0. The van der Waals surface area contributed by atoms with Crippen LogP contribution in [-0.2, 0) is 14.2 Å². The molecule has 0 amide bonds. The standard InChI is InChI=1S/C19H26O3/c1-6-14(3)22-15(4)12-21-19-13(2)11-18(20-5)16-9-7-8-10-17(16)19/h6-9,15,17-18H,1,3,10-12H2,2,4-5H3. The van der Waals surface area contributed by atoms with Gasteiger partial charge in [-0.15, -0.1) is 0 Å². The van der Waals surface area contributed by atoms with Crippen molar-refractivity contribution in [2.24, 2.45) is 5.92 Å². The van der Waals surface area contributed by atoms with Gasteiger partial charge in [-0.05, 0) is 37.5 Å². The first-order valence-electron chi connectivity index (χ1n) is 7.76. The Hall–Kier alpha value is -1.74. The fourth-order valence-electron chi connectivity index (χ4n) is 3.02. The summed E-state index contributed by atoms with van der Waals surface area (Å²) in [6.45, 7) is 12.0. The molecule has 0 bridgehead atoms. The average molecular weight is 302 g/mol. The Morgan fingerprint density at radius 3 is 2.95 bits per heavy atom. The van der Waals surface area contributed by atoms with Crippen LogP contribution in [0.1, 0.15) is 26.7 Å². The fraction of sp³-hybridized carbons (Fsp3) is 0.474. The number of ether oxygens (including phenoxy) is 3. The van der Waals surface area contributed by atoms with E-state index in [4.69, 9.17) is 14.2 Å². The SMILES string of the molecule is C=CC(=C)OC(C)COC1=C(C)CC(OC)C2=CC=CCC21. The second-order valence-electron chi connectivity index (χ2n) is 5.87. The Morgan fingerprint density at radius 1 is 1.50 bits per heavy atom. The molecule has 2 aliphatic carbocycles. The summed E-state index contributed by atoms with van der Waals surface area (Å²) in [5, 5.41) is 0. The van der Waals surface area contributed by atoms with Crippen molar-refractivity contribution < 1.29 is 14.2 Å². The van der Waals surface area contributed by atoms with Crippen molar-refractivity contribution in [2.45, 2.75) is 38.9 Å². The van der Waals surface area contributed by atoms with Crippen LogP contribution in [0.25, 0.3) is 0 Å². The molecule has 120 valence electrons. The van der Waals surface area contributed by atoms with Gasteiger partial charge in [0.05, 0.1) is 6.10 Å². The highest BCUT2D eigenvalue weighted by molar-refractivity contribution is 5.36. The van der Waals surface area contributed by atoms with Crippen LogP contribution < -0.4 is 0 Å². The summed E-state index contributed by atoms with van der Waals surface area (Å²) in [6, 6.07) is 0. The predicted molar refractivity (Wildman–Crippen MR) is 89.3 cm³/mol. The lowest BCUT2D eigenvalue weighted by Crippen LogP contribution is -2.30. The molecule has 0 aliphatic heterocycles. The molecule has 2 aliphatic rings. The maximum absolute atomic E-state index is 6.11. The minimum Gasteiger partial charge on any atom is -0.493 e. The number of allylic oxidation sites excluding steroid dienone is 5. The molecule has 3 atom stereocenters. The van der Waals surface area contributed by atoms with Crippen molar-refractivity contribution in [3.8, 4) is 0 Å². The Balaban J connectivity index is 2.06. The molecule has 0 saturated carbocycles. The molecule has 3 heteroatoms. The zero-order valence-electron chi connectivity index (χ0n) is 13.8. The molecule has 0 N–H and O–H groups in total. The molecule has 0 saturated heterocycles. The molecular weight excluding hydrogens is 276 g/mol. The molecule has 0 fully saturated rings. The topological polar surface area (TPSA) is 27.7 Å². The van der Waals surface area contributed by atoms with Crippen LogP contribution in [0.5, 0.6) is 0 Å². The van der Waals surface area contributed by atoms with Crippen molar-refractivity contribution in [2.75, 3.05) is 13.7 Å². The first-order chi connectivity index (χ1) is 10.6. The summed E-state index contributed by atoms with van der Waals surface area (Å²) < 4.78 is 17.3. The summed E-state index contributed by atoms with van der Waals surface area (Å²) in [5.74, 6) is 1.94. The van der Waals surface area contributed by atoms with Crippen LogP contribution in [0, 0.1) is 5.92 Å². The molecule has 2 rings (SSSR count). The number of hydrogen-bond donors (Lipinski definition) is 0. The van der Waals surface area contributed by atoms with Gasteiger partial charge in [-0.1, -0.05) is 31.4 Å². The highest BCUT2D eigenvalue weighted by Crippen LogP contribution is 2.40. The van der Waals surface area contributed by atoms with Crippen LogP contribution in [0.15, 0.2) is 60.1 Å². The highest BCUT2D eigenvalue weighted by atomic mass is 16.5. The van der Waals surface area contributed by atoms with Crippen molar-refractivity contribution in [1.29, 1.82) is 0 Å². The summed E-state index contributed by atoms with van der Waals surface area (Å²) in [5.41, 5.74) is 2.58. The van der Waals surface area contributed by atoms with Crippen molar-refractivity contribution in [3.63, 3.8) is 0 Å². The Kier molecular flexibility index (Phi) is 5.67. The first-order valence-corrected chi connectivity index (χ1v) is 7.76. The molecule has 3 unspecified atom stereocenters. The second-order valence-corrected chi connectivity index (χ2v) is 5.87. The molecule has 22 heavy (non-hydrogen) atoms. The Morgan fingerprint density at radius 2 is 2.27 bits per heavy atom. The molecular formula is C19H26O3. The van der Waals surface area contributed by atoms with Gasteiger partial charge in [-0.3, -0.25) is 0 Å². The van der Waals surface area contributed by atoms with Crippen LogP contribution >= 0.6 is 0 Å². The average Bonchev–Trinajstić information content (AvgIpc) is 2.53. The summed E-state index contributed by atoms with van der Waals surface area (Å²) in [7, 11) is 1.77. The molecule has 0 radical (unpaired) electrons. The highest BCUT2D eigenvalue weighted by Gasteiger charge is 2.33. The Labute approximate surface area is 133 Å². The quantitative estimate of drug-likeness (QED) is 0.518. The van der Waals surface area contributed by atoms with Crippen molar-refractivity contribution in [3.05, 3.63) is 60.1 Å². The number of hydrogen-bond acceptors (Lipinski definition) is 3. The van der Waals surface area contributed by atoms with Crippen LogP contribution in [0.2, 0.25) is 0 Å². The normalized spacial score (nSPS) is 25.1. The lowest BCUT2D eigenvalue weighted by atomic mass is 9.78. The molecule has 0 spiro atoms. The van der Waals surface area contributed by atoms with E-state index in [2.05, 4.69) is 38.3 Å². The van der Waals surface area contributed by atoms with Crippen LogP contribution in [-0.4, -0.2) is 25.9 Å². The molecule has 0 aromatic rings. The number of fused-ring (bicyclic) bond motifs is 1. The second kappa shape index (κ2) is 7.50. The monoisotopic (exact) mass is 302 g/mol. The molecule has 0 aromatic carbocycles. The minimum atomic E-state index is -0.0579. The van der Waals surface area contributed by atoms with Gasteiger partial charge in [-0.25, -0.2) is 0 Å². The molecule has 0 aromatic heterocycles. The van der Waals surface area contributed by atoms with E-state index in [1.807, 2.05) is 6.92 Å². The van der Waals surface area contributed by atoms with Gasteiger partial charge in [0.25, 0.3) is 0 Å². The zero-order chi connectivity index (χ0) is 16.1. The largest absolute Gasteiger partial charge is 0.493 e. The first kappa shape index (κ1) is 16.6. The fourth-order valence-corrected chi connectivity index (χ4v) is 3.02. The van der Waals surface area contributed by atoms with E-state index >= 15 is 0 Å². The molecule has 3 nitrogen and oxygen atoms in total. The van der Waals surface area contributed by atoms with Gasteiger partial charge in [0.15, 0.2) is 0 Å². The van der Waals surface area contributed by atoms with E-state index < -0.39 is 0 Å². The number of rotatable bonds is 7. The van der Waals surface area contributed by atoms with E-state index in [1.54, 1.807) is 13.2 Å². The van der Waals surface area contributed by atoms with Gasteiger partial charge < -0.3 is 14.2 Å². The third kappa shape index (κ3) is 3.72. The number of methoxy groups -OCH3 is 1. The van der Waals surface area contributed by atoms with Gasteiger partial charge >= 0.3 is 0 Å². The summed E-state index contributed by atoms with van der Waals surface area (Å²) in [6.07, 6.45) is 10.0. The van der Waals surface area contributed by atoms with E-state index in [1.165, 1.54) is 11.1 Å². The van der Waals surface area contributed by atoms with Gasteiger partial charge in [0, 0.05) is 19.4 Å². The third-order valence-electron chi connectivity index (χ3n) is 4.14. The van der Waals surface area contributed by atoms with Crippen LogP contribution in [0.3, 0.4) is 0 Å². The Bertz CT molecular complexity index is 525.